The lowest BCUT2D eigenvalue weighted by Gasteiger charge is -2.26. The molecule has 0 bridgehead atoms. The molecule has 0 aromatic heterocycles. The van der Waals surface area contributed by atoms with Crippen LogP contribution in [-0.4, -0.2) is 109 Å². The fourth-order valence-corrected chi connectivity index (χ4v) is 5.04. The van der Waals surface area contributed by atoms with Gasteiger partial charge in [0.05, 0.1) is 13.7 Å². The molecule has 0 radical (unpaired) electrons. The number of likely N-dealkylation sites (tertiary alicyclic amines) is 2. The second-order valence-corrected chi connectivity index (χ2v) is 10.6. The van der Waals surface area contributed by atoms with Crippen molar-refractivity contribution in [3.63, 3.8) is 0 Å². The van der Waals surface area contributed by atoms with Crippen molar-refractivity contribution in [1.82, 2.24) is 31.1 Å². The highest BCUT2D eigenvalue weighted by atomic mass is 16.5. The predicted octanol–water partition coefficient (Wildman–Crippen LogP) is -0.807. The molecule has 6 amide bonds. The third kappa shape index (κ3) is 9.41. The van der Waals surface area contributed by atoms with E-state index in [4.69, 9.17) is 4.74 Å². The Kier molecular flexibility index (Phi) is 12.5. The van der Waals surface area contributed by atoms with Crippen LogP contribution in [0.25, 0.3) is 0 Å². The fraction of sp³-hybridized carbons (Fsp3) is 0.552. The minimum atomic E-state index is -1.02. The van der Waals surface area contributed by atoms with Gasteiger partial charge in [0, 0.05) is 13.1 Å². The predicted molar refractivity (Wildman–Crippen MR) is 154 cm³/mol. The number of carbonyl (C=O) groups excluding carboxylic acids is 7. The molecule has 15 nitrogen and oxygen atoms in total. The van der Waals surface area contributed by atoms with Crippen LogP contribution in [0, 0.1) is 0 Å². The van der Waals surface area contributed by atoms with Gasteiger partial charge in [0.2, 0.25) is 29.5 Å². The van der Waals surface area contributed by atoms with E-state index in [0.717, 1.165) is 5.56 Å². The molecule has 240 valence electrons. The Bertz CT molecular complexity index is 1230. The average Bonchev–Trinajstić information content (AvgIpc) is 3.72. The number of ether oxygens (including phenoxy) is 2. The van der Waals surface area contributed by atoms with Gasteiger partial charge in [0.15, 0.2) is 0 Å². The Morgan fingerprint density at radius 2 is 1.32 bits per heavy atom. The molecule has 2 aliphatic heterocycles. The number of benzene rings is 1. The highest BCUT2D eigenvalue weighted by Gasteiger charge is 2.37. The van der Waals surface area contributed by atoms with E-state index in [9.17, 15) is 33.6 Å². The van der Waals surface area contributed by atoms with E-state index < -0.39 is 72.3 Å². The molecular formula is C29H40N6O9. The minimum Gasteiger partial charge on any atom is -0.467 e. The Hall–Kier alpha value is -4.69. The highest BCUT2D eigenvalue weighted by Crippen LogP contribution is 2.19. The Labute approximate surface area is 255 Å². The van der Waals surface area contributed by atoms with Crippen LogP contribution in [0.5, 0.6) is 0 Å². The average molecular weight is 617 g/mol. The van der Waals surface area contributed by atoms with E-state index in [1.54, 1.807) is 12.1 Å². The minimum absolute atomic E-state index is 0.0471. The molecule has 4 N–H and O–H groups in total. The summed E-state index contributed by atoms with van der Waals surface area (Å²) < 4.78 is 9.71. The summed E-state index contributed by atoms with van der Waals surface area (Å²) in [7, 11) is 1.21. The maximum absolute atomic E-state index is 12.9. The van der Waals surface area contributed by atoms with Gasteiger partial charge in [-0.15, -0.1) is 0 Å². The van der Waals surface area contributed by atoms with Gasteiger partial charge in [-0.1, -0.05) is 30.3 Å². The number of esters is 1. The number of carbonyl (C=O) groups is 7. The summed E-state index contributed by atoms with van der Waals surface area (Å²) in [5.74, 6) is -3.21. The molecule has 3 rings (SSSR count). The van der Waals surface area contributed by atoms with Crippen molar-refractivity contribution in [2.75, 3.05) is 33.3 Å². The summed E-state index contributed by atoms with van der Waals surface area (Å²) in [5, 5.41) is 9.98. The largest absolute Gasteiger partial charge is 0.467 e. The summed E-state index contributed by atoms with van der Waals surface area (Å²) in [5.41, 5.74) is 0.794. The van der Waals surface area contributed by atoms with E-state index in [-0.39, 0.29) is 13.2 Å². The first-order valence-electron chi connectivity index (χ1n) is 14.5. The first-order valence-corrected chi connectivity index (χ1v) is 14.5. The van der Waals surface area contributed by atoms with E-state index in [2.05, 4.69) is 26.0 Å². The molecular weight excluding hydrogens is 576 g/mol. The molecule has 2 saturated heterocycles. The van der Waals surface area contributed by atoms with Crippen LogP contribution >= 0.6 is 0 Å². The summed E-state index contributed by atoms with van der Waals surface area (Å²) in [6, 6.07) is 5.56. The third-order valence-electron chi connectivity index (χ3n) is 7.43. The van der Waals surface area contributed by atoms with Gasteiger partial charge in [-0.05, 0) is 45.1 Å². The molecule has 2 aliphatic rings. The summed E-state index contributed by atoms with van der Waals surface area (Å²) in [6.07, 6.45) is 1.18. The number of nitrogens with one attached hydrogen (secondary N) is 4. The number of nitrogens with zero attached hydrogens (tertiary/aromatic N) is 2. The number of alkyl carbamates (subject to hydrolysis) is 1. The molecule has 0 saturated carbocycles. The fourth-order valence-electron chi connectivity index (χ4n) is 5.04. The summed E-state index contributed by atoms with van der Waals surface area (Å²) in [4.78, 5) is 90.1. The van der Waals surface area contributed by atoms with Crippen LogP contribution < -0.4 is 21.3 Å². The number of rotatable bonds is 12. The van der Waals surface area contributed by atoms with Crippen molar-refractivity contribution >= 4 is 41.6 Å². The smallest absolute Gasteiger partial charge is 0.407 e. The second-order valence-electron chi connectivity index (χ2n) is 10.6. The van der Waals surface area contributed by atoms with Gasteiger partial charge in [-0.2, -0.15) is 0 Å². The zero-order chi connectivity index (χ0) is 32.2. The topological polar surface area (TPSA) is 193 Å². The van der Waals surface area contributed by atoms with Crippen molar-refractivity contribution < 1.29 is 43.0 Å². The standard InChI is InChI=1S/C29H40N6O9/c1-18(25(38)30-15-23(36)34-13-8-12-22(34)27(40)33-19(2)28(41)43-3)32-26(39)21-11-7-14-35(21)24(37)16-31-29(42)44-17-20-9-5-4-6-10-20/h4-6,9-10,18-19,21-22H,7-8,11-17H2,1-3H3,(H,30,38)(H,31,42)(H,32,39)(H,33,40). The van der Waals surface area contributed by atoms with Crippen LogP contribution in [0.15, 0.2) is 30.3 Å². The van der Waals surface area contributed by atoms with E-state index in [1.165, 1.54) is 30.8 Å². The zero-order valence-corrected chi connectivity index (χ0v) is 25.1. The van der Waals surface area contributed by atoms with Crippen LogP contribution in [0.4, 0.5) is 4.79 Å². The van der Waals surface area contributed by atoms with E-state index in [0.29, 0.717) is 38.8 Å². The monoisotopic (exact) mass is 616 g/mol. The van der Waals surface area contributed by atoms with Gasteiger partial charge in [-0.3, -0.25) is 24.0 Å². The van der Waals surface area contributed by atoms with Crippen molar-refractivity contribution in [3.8, 4) is 0 Å². The Morgan fingerprint density at radius 1 is 0.795 bits per heavy atom. The van der Waals surface area contributed by atoms with Gasteiger partial charge in [0.1, 0.15) is 37.3 Å². The lowest BCUT2D eigenvalue weighted by atomic mass is 10.2. The zero-order valence-electron chi connectivity index (χ0n) is 25.1. The van der Waals surface area contributed by atoms with Crippen molar-refractivity contribution in [1.29, 1.82) is 0 Å². The van der Waals surface area contributed by atoms with Crippen LogP contribution in [0.2, 0.25) is 0 Å². The van der Waals surface area contributed by atoms with Crippen molar-refractivity contribution in [3.05, 3.63) is 35.9 Å². The second kappa shape index (κ2) is 16.2. The summed E-state index contributed by atoms with van der Waals surface area (Å²) >= 11 is 0. The van der Waals surface area contributed by atoms with Gasteiger partial charge < -0.3 is 40.5 Å². The van der Waals surface area contributed by atoms with Gasteiger partial charge >= 0.3 is 12.1 Å². The van der Waals surface area contributed by atoms with E-state index >= 15 is 0 Å². The molecule has 15 heteroatoms. The molecule has 2 fully saturated rings. The molecule has 1 aromatic carbocycles. The van der Waals surface area contributed by atoms with Crippen molar-refractivity contribution in [2.24, 2.45) is 0 Å². The Morgan fingerprint density at radius 3 is 1.86 bits per heavy atom. The molecule has 2 heterocycles. The Balaban J connectivity index is 1.42. The molecule has 0 spiro atoms. The number of hydrogen-bond donors (Lipinski definition) is 4. The van der Waals surface area contributed by atoms with Gasteiger partial charge in [-0.25, -0.2) is 9.59 Å². The third-order valence-corrected chi connectivity index (χ3v) is 7.43. The molecule has 44 heavy (non-hydrogen) atoms. The lowest BCUT2D eigenvalue weighted by Crippen LogP contribution is -2.55. The highest BCUT2D eigenvalue weighted by molar-refractivity contribution is 5.95. The normalized spacial score (nSPS) is 18.9. The van der Waals surface area contributed by atoms with Crippen molar-refractivity contribution in [2.45, 2.75) is 70.3 Å². The van der Waals surface area contributed by atoms with Crippen LogP contribution in [-0.2, 0) is 44.8 Å². The SMILES string of the molecule is COC(=O)C(C)NC(=O)C1CCCN1C(=O)CNC(=O)C(C)NC(=O)C1CCCN1C(=O)CNC(=O)OCc1ccccc1. The van der Waals surface area contributed by atoms with Crippen LogP contribution in [0.3, 0.4) is 0 Å². The molecule has 0 aliphatic carbocycles. The first kappa shape index (κ1) is 33.8. The number of hydrogen-bond acceptors (Lipinski definition) is 9. The quantitative estimate of drug-likeness (QED) is 0.218. The molecule has 4 atom stereocenters. The molecule has 1 aromatic rings. The molecule has 4 unspecified atom stereocenters. The maximum Gasteiger partial charge on any atom is 0.407 e. The van der Waals surface area contributed by atoms with Crippen LogP contribution in [0.1, 0.15) is 45.1 Å². The number of methoxy groups -OCH3 is 1. The lowest BCUT2D eigenvalue weighted by molar-refractivity contribution is -0.146. The number of amides is 6. The first-order chi connectivity index (χ1) is 21.0. The summed E-state index contributed by atoms with van der Waals surface area (Å²) in [6.45, 7) is 2.85. The van der Waals surface area contributed by atoms with E-state index in [1.807, 2.05) is 18.2 Å². The van der Waals surface area contributed by atoms with Gasteiger partial charge in [0.25, 0.3) is 0 Å². The maximum atomic E-state index is 12.9.